The Morgan fingerprint density at radius 2 is 1.46 bits per heavy atom. The number of piperidine rings is 1. The summed E-state index contributed by atoms with van der Waals surface area (Å²) >= 11 is 0. The van der Waals surface area contributed by atoms with Crippen LogP contribution in [0.5, 0.6) is 0 Å². The normalized spacial score (nSPS) is 21.7. The predicted molar refractivity (Wildman–Crippen MR) is 96.5 cm³/mol. The fourth-order valence-electron chi connectivity index (χ4n) is 4.38. The first-order chi connectivity index (χ1) is 11.8. The van der Waals surface area contributed by atoms with Crippen molar-refractivity contribution in [2.45, 2.75) is 45.1 Å². The summed E-state index contributed by atoms with van der Waals surface area (Å²) < 4.78 is 0. The molecule has 5 heteroatoms. The van der Waals surface area contributed by atoms with E-state index < -0.39 is 0 Å². The highest BCUT2D eigenvalue weighted by atomic mass is 15.3. The topological polar surface area (TPSA) is 46.4 Å². The van der Waals surface area contributed by atoms with Gasteiger partial charge >= 0.3 is 0 Å². The number of aromatic nitrogens is 1. The Hall–Kier alpha value is -1.80. The van der Waals surface area contributed by atoms with Gasteiger partial charge in [-0.25, -0.2) is 4.98 Å². The van der Waals surface area contributed by atoms with Crippen molar-refractivity contribution >= 4 is 11.6 Å². The van der Waals surface area contributed by atoms with Crippen LogP contribution in [-0.4, -0.2) is 49.7 Å². The van der Waals surface area contributed by atoms with Crippen molar-refractivity contribution < 1.29 is 0 Å². The number of hydrogen-bond acceptors (Lipinski definition) is 5. The molecule has 0 aromatic carbocycles. The van der Waals surface area contributed by atoms with Gasteiger partial charge in [0.2, 0.25) is 0 Å². The zero-order valence-electron chi connectivity index (χ0n) is 14.7. The van der Waals surface area contributed by atoms with E-state index in [1.807, 2.05) is 0 Å². The highest BCUT2D eigenvalue weighted by Crippen LogP contribution is 2.36. The summed E-state index contributed by atoms with van der Waals surface area (Å²) in [6.45, 7) is 6.25. The lowest BCUT2D eigenvalue weighted by Crippen LogP contribution is -2.35. The van der Waals surface area contributed by atoms with E-state index in [1.165, 1.54) is 43.2 Å². The molecule has 0 atom stereocenters. The molecule has 0 radical (unpaired) electrons. The van der Waals surface area contributed by atoms with Gasteiger partial charge in [-0.2, -0.15) is 5.26 Å². The first-order valence-electron chi connectivity index (χ1n) is 9.42. The molecule has 5 nitrogen and oxygen atoms in total. The largest absolute Gasteiger partial charge is 0.356 e. The average Bonchev–Trinajstić information content (AvgIpc) is 3.15. The summed E-state index contributed by atoms with van der Waals surface area (Å²) in [5.74, 6) is 2.12. The second-order valence-corrected chi connectivity index (χ2v) is 7.43. The van der Waals surface area contributed by atoms with Gasteiger partial charge in [0.1, 0.15) is 17.7 Å². The molecular formula is C19H27N5. The molecule has 0 aliphatic carbocycles. The van der Waals surface area contributed by atoms with Gasteiger partial charge in [0.15, 0.2) is 0 Å². The number of rotatable bonds is 2. The maximum atomic E-state index is 9.88. The van der Waals surface area contributed by atoms with E-state index in [4.69, 9.17) is 4.98 Å². The molecule has 4 rings (SSSR count). The number of nitrogens with zero attached hydrogens (tertiary/aromatic N) is 5. The standard InChI is InChI=1S/C19H27N5/c1-22-12-7-15-16(13-20)18(23-8-3-2-4-9-23)21-19(17(15)14-22)24-10-5-6-11-24/h2-12,14H2,1H3. The molecule has 128 valence electrons. The number of likely N-dealkylation sites (N-methyl/N-ethyl adjacent to an activating group) is 1. The zero-order chi connectivity index (χ0) is 16.5. The predicted octanol–water partition coefficient (Wildman–Crippen LogP) is 2.53. The van der Waals surface area contributed by atoms with Crippen LogP contribution in [0.1, 0.15) is 48.8 Å². The molecular weight excluding hydrogens is 298 g/mol. The summed E-state index contributed by atoms with van der Waals surface area (Å²) in [5, 5.41) is 9.88. The van der Waals surface area contributed by atoms with Crippen LogP contribution in [0.25, 0.3) is 0 Å². The number of anilines is 2. The summed E-state index contributed by atoms with van der Waals surface area (Å²) in [7, 11) is 2.17. The van der Waals surface area contributed by atoms with E-state index in [0.29, 0.717) is 0 Å². The number of nitriles is 1. The van der Waals surface area contributed by atoms with Crippen molar-refractivity contribution in [3.63, 3.8) is 0 Å². The molecule has 0 unspecified atom stereocenters. The second-order valence-electron chi connectivity index (χ2n) is 7.43. The zero-order valence-corrected chi connectivity index (χ0v) is 14.7. The van der Waals surface area contributed by atoms with Crippen LogP contribution >= 0.6 is 0 Å². The Balaban J connectivity index is 1.84. The van der Waals surface area contributed by atoms with Gasteiger partial charge in [-0.3, -0.25) is 0 Å². The number of fused-ring (bicyclic) bond motifs is 1. The SMILES string of the molecule is CN1CCc2c(C#N)c(N3CCCCC3)nc(N3CCCC3)c2C1. The monoisotopic (exact) mass is 325 g/mol. The highest BCUT2D eigenvalue weighted by Gasteiger charge is 2.29. The molecule has 0 amide bonds. The second kappa shape index (κ2) is 6.60. The number of pyridine rings is 1. The molecule has 3 aliphatic rings. The number of hydrogen-bond donors (Lipinski definition) is 0. The van der Waals surface area contributed by atoms with Crippen molar-refractivity contribution in [2.75, 3.05) is 49.6 Å². The van der Waals surface area contributed by atoms with E-state index in [0.717, 1.165) is 62.9 Å². The third-order valence-corrected chi connectivity index (χ3v) is 5.72. The molecule has 0 spiro atoms. The molecule has 2 saturated heterocycles. The van der Waals surface area contributed by atoms with E-state index >= 15 is 0 Å². The van der Waals surface area contributed by atoms with Crippen molar-refractivity contribution in [1.29, 1.82) is 5.26 Å². The van der Waals surface area contributed by atoms with Gasteiger partial charge in [0.25, 0.3) is 0 Å². The Morgan fingerprint density at radius 3 is 2.12 bits per heavy atom. The Kier molecular flexibility index (Phi) is 4.32. The van der Waals surface area contributed by atoms with Gasteiger partial charge in [-0.15, -0.1) is 0 Å². The third-order valence-electron chi connectivity index (χ3n) is 5.72. The fraction of sp³-hybridized carbons (Fsp3) is 0.684. The molecule has 24 heavy (non-hydrogen) atoms. The maximum Gasteiger partial charge on any atom is 0.149 e. The molecule has 0 N–H and O–H groups in total. The fourth-order valence-corrected chi connectivity index (χ4v) is 4.38. The van der Waals surface area contributed by atoms with Gasteiger partial charge in [0, 0.05) is 44.8 Å². The highest BCUT2D eigenvalue weighted by molar-refractivity contribution is 5.68. The smallest absolute Gasteiger partial charge is 0.149 e. The minimum Gasteiger partial charge on any atom is -0.356 e. The van der Waals surface area contributed by atoms with Crippen LogP contribution < -0.4 is 9.80 Å². The van der Waals surface area contributed by atoms with E-state index in [2.05, 4.69) is 27.8 Å². The molecule has 4 heterocycles. The van der Waals surface area contributed by atoms with Crippen LogP contribution in [0.2, 0.25) is 0 Å². The lowest BCUT2D eigenvalue weighted by molar-refractivity contribution is 0.312. The minimum absolute atomic E-state index is 0.850. The van der Waals surface area contributed by atoms with Crippen molar-refractivity contribution in [3.05, 3.63) is 16.7 Å². The summed E-state index contributed by atoms with van der Waals surface area (Å²) in [5.41, 5.74) is 3.43. The van der Waals surface area contributed by atoms with Crippen LogP contribution in [0.4, 0.5) is 11.6 Å². The van der Waals surface area contributed by atoms with E-state index in [1.54, 1.807) is 0 Å². The molecule has 1 aromatic rings. The Morgan fingerprint density at radius 1 is 0.833 bits per heavy atom. The van der Waals surface area contributed by atoms with Crippen LogP contribution in [-0.2, 0) is 13.0 Å². The lowest BCUT2D eigenvalue weighted by Gasteiger charge is -2.34. The maximum absolute atomic E-state index is 9.88. The van der Waals surface area contributed by atoms with Gasteiger partial charge < -0.3 is 14.7 Å². The lowest BCUT2D eigenvalue weighted by atomic mass is 9.95. The molecule has 0 bridgehead atoms. The Bertz CT molecular complexity index is 651. The van der Waals surface area contributed by atoms with Gasteiger partial charge in [-0.1, -0.05) is 0 Å². The van der Waals surface area contributed by atoms with Crippen LogP contribution in [0.3, 0.4) is 0 Å². The average molecular weight is 325 g/mol. The molecule has 0 saturated carbocycles. The van der Waals surface area contributed by atoms with Crippen molar-refractivity contribution in [2.24, 2.45) is 0 Å². The molecule has 3 aliphatic heterocycles. The van der Waals surface area contributed by atoms with Gasteiger partial charge in [0.05, 0.1) is 5.56 Å². The van der Waals surface area contributed by atoms with Gasteiger partial charge in [-0.05, 0) is 51.1 Å². The third kappa shape index (κ3) is 2.73. The summed E-state index contributed by atoms with van der Waals surface area (Å²) in [4.78, 5) is 12.3. The summed E-state index contributed by atoms with van der Waals surface area (Å²) in [6, 6.07) is 2.51. The Labute approximate surface area is 144 Å². The summed E-state index contributed by atoms with van der Waals surface area (Å²) in [6.07, 6.45) is 7.21. The van der Waals surface area contributed by atoms with Crippen molar-refractivity contribution in [1.82, 2.24) is 9.88 Å². The first-order valence-corrected chi connectivity index (χ1v) is 9.42. The molecule has 1 aromatic heterocycles. The van der Waals surface area contributed by atoms with E-state index in [9.17, 15) is 5.26 Å². The quantitative estimate of drug-likeness (QED) is 0.836. The first kappa shape index (κ1) is 15.7. The van der Waals surface area contributed by atoms with Crippen LogP contribution in [0, 0.1) is 11.3 Å². The molecule has 2 fully saturated rings. The van der Waals surface area contributed by atoms with E-state index in [-0.39, 0.29) is 0 Å². The minimum atomic E-state index is 0.850. The van der Waals surface area contributed by atoms with Crippen molar-refractivity contribution in [3.8, 4) is 6.07 Å². The van der Waals surface area contributed by atoms with Crippen LogP contribution in [0.15, 0.2) is 0 Å².